The van der Waals surface area contributed by atoms with Crippen LogP contribution in [0, 0.1) is 0 Å². The summed E-state index contributed by atoms with van der Waals surface area (Å²) in [6.07, 6.45) is 3.61. The first-order valence-electron chi connectivity index (χ1n) is 3.62. The predicted molar refractivity (Wildman–Crippen MR) is 47.8 cm³/mol. The minimum absolute atomic E-state index is 0.532. The zero-order chi connectivity index (χ0) is 8.10. The molecule has 4 heteroatoms. The van der Waals surface area contributed by atoms with Crippen molar-refractivity contribution in [3.63, 3.8) is 0 Å². The highest BCUT2D eigenvalue weighted by atomic mass is 32.2. The third-order valence-corrected chi connectivity index (χ3v) is 2.60. The van der Waals surface area contributed by atoms with Crippen molar-refractivity contribution in [1.82, 2.24) is 15.3 Å². The fraction of sp³-hybridized carbons (Fsp3) is 0.571. The van der Waals surface area contributed by atoms with Crippen LogP contribution in [0.3, 0.4) is 0 Å². The summed E-state index contributed by atoms with van der Waals surface area (Å²) in [5.41, 5.74) is 0. The van der Waals surface area contributed by atoms with Crippen LogP contribution in [0.2, 0.25) is 0 Å². The first kappa shape index (κ1) is 8.62. The molecule has 0 amide bonds. The Labute approximate surface area is 71.0 Å². The van der Waals surface area contributed by atoms with Crippen molar-refractivity contribution in [3.8, 4) is 0 Å². The summed E-state index contributed by atoms with van der Waals surface area (Å²) in [7, 11) is 1.97. The van der Waals surface area contributed by atoms with Gasteiger partial charge in [-0.05, 0) is 14.0 Å². The molecule has 11 heavy (non-hydrogen) atoms. The Morgan fingerprint density at radius 2 is 2.64 bits per heavy atom. The van der Waals surface area contributed by atoms with Crippen LogP contribution in [0.15, 0.2) is 17.6 Å². The quantitative estimate of drug-likeness (QED) is 0.667. The molecule has 0 aliphatic carbocycles. The van der Waals surface area contributed by atoms with Gasteiger partial charge in [0.15, 0.2) is 5.16 Å². The van der Waals surface area contributed by atoms with Crippen molar-refractivity contribution in [2.24, 2.45) is 0 Å². The minimum Gasteiger partial charge on any atom is -0.340 e. The monoisotopic (exact) mass is 171 g/mol. The first-order valence-corrected chi connectivity index (χ1v) is 4.61. The molecular formula is C7H13N3S. The number of rotatable bonds is 4. The van der Waals surface area contributed by atoms with Crippen LogP contribution in [-0.2, 0) is 0 Å². The second kappa shape index (κ2) is 4.41. The molecule has 1 aromatic heterocycles. The number of aromatic amines is 1. The number of aromatic nitrogens is 2. The first-order chi connectivity index (χ1) is 5.33. The number of thioether (sulfide) groups is 1. The Morgan fingerprint density at radius 3 is 3.18 bits per heavy atom. The maximum atomic E-state index is 4.10. The van der Waals surface area contributed by atoms with E-state index in [0.29, 0.717) is 6.04 Å². The summed E-state index contributed by atoms with van der Waals surface area (Å²) in [6, 6.07) is 0.532. The fourth-order valence-electron chi connectivity index (χ4n) is 0.617. The van der Waals surface area contributed by atoms with Gasteiger partial charge in [0.25, 0.3) is 0 Å². The fourth-order valence-corrected chi connectivity index (χ4v) is 1.48. The van der Waals surface area contributed by atoms with Gasteiger partial charge in [-0.25, -0.2) is 4.98 Å². The van der Waals surface area contributed by atoms with Gasteiger partial charge < -0.3 is 10.3 Å². The molecule has 0 aromatic carbocycles. The van der Waals surface area contributed by atoms with E-state index >= 15 is 0 Å². The molecular weight excluding hydrogens is 158 g/mol. The van der Waals surface area contributed by atoms with Crippen LogP contribution in [0.1, 0.15) is 6.92 Å². The Kier molecular flexibility index (Phi) is 3.45. The van der Waals surface area contributed by atoms with Crippen LogP contribution in [0.5, 0.6) is 0 Å². The molecule has 0 aliphatic rings. The van der Waals surface area contributed by atoms with E-state index in [1.165, 1.54) is 0 Å². The average Bonchev–Trinajstić information content (AvgIpc) is 2.52. The molecule has 1 atom stereocenters. The van der Waals surface area contributed by atoms with Crippen molar-refractivity contribution in [2.45, 2.75) is 18.1 Å². The highest BCUT2D eigenvalue weighted by Crippen LogP contribution is 2.11. The van der Waals surface area contributed by atoms with Gasteiger partial charge in [-0.1, -0.05) is 11.8 Å². The summed E-state index contributed by atoms with van der Waals surface area (Å²) in [4.78, 5) is 7.14. The largest absolute Gasteiger partial charge is 0.340 e. The lowest BCUT2D eigenvalue weighted by molar-refractivity contribution is 0.677. The van der Waals surface area contributed by atoms with Crippen molar-refractivity contribution < 1.29 is 0 Å². The normalized spacial score (nSPS) is 13.3. The standard InChI is InChI=1S/C7H13N3S/c1-6(8-2)5-11-7-9-3-4-10-7/h3-4,6,8H,5H2,1-2H3,(H,9,10). The van der Waals surface area contributed by atoms with Crippen LogP contribution >= 0.6 is 11.8 Å². The molecule has 0 saturated carbocycles. The third-order valence-electron chi connectivity index (χ3n) is 1.44. The van der Waals surface area contributed by atoms with E-state index < -0.39 is 0 Å². The number of H-pyrrole nitrogens is 1. The van der Waals surface area contributed by atoms with Gasteiger partial charge in [-0.15, -0.1) is 0 Å². The van der Waals surface area contributed by atoms with Gasteiger partial charge in [0.1, 0.15) is 0 Å². The number of hydrogen-bond acceptors (Lipinski definition) is 3. The van der Waals surface area contributed by atoms with Gasteiger partial charge in [-0.2, -0.15) is 0 Å². The van der Waals surface area contributed by atoms with Gasteiger partial charge >= 0.3 is 0 Å². The van der Waals surface area contributed by atoms with E-state index in [1.54, 1.807) is 18.0 Å². The summed E-state index contributed by atoms with van der Waals surface area (Å²) in [5, 5.41) is 4.16. The van der Waals surface area contributed by atoms with E-state index in [9.17, 15) is 0 Å². The Balaban J connectivity index is 2.23. The molecule has 0 radical (unpaired) electrons. The molecule has 1 aromatic rings. The highest BCUT2D eigenvalue weighted by molar-refractivity contribution is 7.99. The van der Waals surface area contributed by atoms with Crippen molar-refractivity contribution in [1.29, 1.82) is 0 Å². The lowest BCUT2D eigenvalue weighted by Crippen LogP contribution is -2.23. The molecule has 62 valence electrons. The summed E-state index contributed by atoms with van der Waals surface area (Å²) in [5.74, 6) is 1.05. The molecule has 0 saturated heterocycles. The zero-order valence-electron chi connectivity index (χ0n) is 6.79. The second-order valence-corrected chi connectivity index (χ2v) is 3.40. The van der Waals surface area contributed by atoms with Crippen LogP contribution in [0.25, 0.3) is 0 Å². The Hall–Kier alpha value is -0.480. The summed E-state index contributed by atoms with van der Waals surface area (Å²) >= 11 is 1.73. The van der Waals surface area contributed by atoms with E-state index in [1.807, 2.05) is 13.2 Å². The molecule has 1 heterocycles. The van der Waals surface area contributed by atoms with E-state index in [2.05, 4.69) is 22.2 Å². The maximum Gasteiger partial charge on any atom is 0.165 e. The lowest BCUT2D eigenvalue weighted by Gasteiger charge is -2.06. The van der Waals surface area contributed by atoms with Crippen LogP contribution in [0.4, 0.5) is 0 Å². The smallest absolute Gasteiger partial charge is 0.165 e. The van der Waals surface area contributed by atoms with Gasteiger partial charge in [-0.3, -0.25) is 0 Å². The summed E-state index contributed by atoms with van der Waals surface area (Å²) in [6.45, 7) is 2.15. The number of imidazole rings is 1. The molecule has 0 fully saturated rings. The molecule has 0 aliphatic heterocycles. The van der Waals surface area contributed by atoms with Crippen LogP contribution < -0.4 is 5.32 Å². The number of nitrogens with zero attached hydrogens (tertiary/aromatic N) is 1. The van der Waals surface area contributed by atoms with Crippen molar-refractivity contribution in [2.75, 3.05) is 12.8 Å². The van der Waals surface area contributed by atoms with Gasteiger partial charge in [0.2, 0.25) is 0 Å². The van der Waals surface area contributed by atoms with Crippen LogP contribution in [-0.4, -0.2) is 28.8 Å². The molecule has 0 spiro atoms. The van der Waals surface area contributed by atoms with E-state index in [4.69, 9.17) is 0 Å². The van der Waals surface area contributed by atoms with Crippen molar-refractivity contribution in [3.05, 3.63) is 12.4 Å². The Morgan fingerprint density at radius 1 is 1.82 bits per heavy atom. The van der Waals surface area contributed by atoms with Gasteiger partial charge in [0, 0.05) is 24.2 Å². The predicted octanol–water partition coefficient (Wildman–Crippen LogP) is 1.11. The van der Waals surface area contributed by atoms with Gasteiger partial charge in [0.05, 0.1) is 0 Å². The number of nitrogens with one attached hydrogen (secondary N) is 2. The van der Waals surface area contributed by atoms with E-state index in [0.717, 1.165) is 10.9 Å². The third kappa shape index (κ3) is 2.95. The zero-order valence-corrected chi connectivity index (χ0v) is 7.61. The topological polar surface area (TPSA) is 40.7 Å². The molecule has 2 N–H and O–H groups in total. The number of hydrogen-bond donors (Lipinski definition) is 2. The minimum atomic E-state index is 0.532. The van der Waals surface area contributed by atoms with Crippen molar-refractivity contribution >= 4 is 11.8 Å². The molecule has 1 rings (SSSR count). The maximum absolute atomic E-state index is 4.10. The summed E-state index contributed by atoms with van der Waals surface area (Å²) < 4.78 is 0. The molecule has 3 nitrogen and oxygen atoms in total. The Bertz CT molecular complexity index is 186. The second-order valence-electron chi connectivity index (χ2n) is 2.40. The SMILES string of the molecule is CNC(C)CSc1ncc[nH]1. The molecule has 0 bridgehead atoms. The molecule has 1 unspecified atom stereocenters. The van der Waals surface area contributed by atoms with E-state index in [-0.39, 0.29) is 0 Å². The average molecular weight is 171 g/mol. The highest BCUT2D eigenvalue weighted by Gasteiger charge is 2.00. The lowest BCUT2D eigenvalue weighted by atomic mass is 10.4.